The van der Waals surface area contributed by atoms with Gasteiger partial charge in [-0.15, -0.1) is 21.5 Å². The minimum Gasteiger partial charge on any atom is -0.135 e. The van der Waals surface area contributed by atoms with Gasteiger partial charge in [0, 0.05) is 48.0 Å². The summed E-state index contributed by atoms with van der Waals surface area (Å²) in [5, 5.41) is 16.9. The second-order valence-corrected chi connectivity index (χ2v) is 14.6. The molecule has 10 rings (SSSR count). The average Bonchev–Trinajstić information content (AvgIpc) is 3.66. The number of fused-ring (bicyclic) bond motifs is 3. The fraction of sp³-hybridized carbons (Fsp3) is 0. The lowest BCUT2D eigenvalue weighted by atomic mass is 9.82. The molecule has 0 radical (unpaired) electrons. The van der Waals surface area contributed by atoms with Gasteiger partial charge in [0.2, 0.25) is 0 Å². The number of rotatable bonds is 7. The molecule has 4 heteroatoms. The number of thiophene rings is 1. The second kappa shape index (κ2) is 14.1. The molecule has 0 unspecified atom stereocenters. The van der Waals surface area contributed by atoms with E-state index in [0.29, 0.717) is 0 Å². The lowest BCUT2D eigenvalue weighted by molar-refractivity contribution is 0.879. The molecular weight excluding hydrogens is 687 g/mol. The normalized spacial score (nSPS) is 11.3. The minimum absolute atomic E-state index is 0.780. The fourth-order valence-electron chi connectivity index (χ4n) is 7.95. The van der Waals surface area contributed by atoms with Crippen LogP contribution in [-0.2, 0) is 0 Å². The van der Waals surface area contributed by atoms with Crippen molar-refractivity contribution in [3.63, 3.8) is 0 Å². The standard InChI is InChI=1S/C51H33N3S/c1-5-18-34(19-6-1)38-26-13-14-27-41(38)50-46(37-24-11-4-12-25-37)51(53-54-52-50)43-30-17-29-39(35-20-7-2-8-21-35)47(43)49-40(36-22-9-3-10-23-36)32-33-45-48(49)42-28-15-16-31-44(42)55-45/h1-33H. The molecule has 3 nitrogen and oxygen atoms in total. The Morgan fingerprint density at radius 2 is 0.764 bits per heavy atom. The summed E-state index contributed by atoms with van der Waals surface area (Å²) in [6.45, 7) is 0. The maximum atomic E-state index is 5.01. The summed E-state index contributed by atoms with van der Waals surface area (Å²) in [6.07, 6.45) is 0. The van der Waals surface area contributed by atoms with Crippen molar-refractivity contribution in [1.29, 1.82) is 0 Å². The summed E-state index contributed by atoms with van der Waals surface area (Å²) in [5.41, 5.74) is 14.6. The number of nitrogens with zero attached hydrogens (tertiary/aromatic N) is 3. The Balaban J connectivity index is 1.37. The zero-order chi connectivity index (χ0) is 36.6. The predicted molar refractivity (Wildman–Crippen MR) is 231 cm³/mol. The van der Waals surface area contributed by atoms with Gasteiger partial charge in [0.1, 0.15) is 11.4 Å². The lowest BCUT2D eigenvalue weighted by Gasteiger charge is -2.22. The fourth-order valence-corrected chi connectivity index (χ4v) is 9.06. The van der Waals surface area contributed by atoms with Crippen molar-refractivity contribution >= 4 is 31.5 Å². The smallest absolute Gasteiger partial charge is 0.105 e. The SMILES string of the molecule is c1ccc(-c2ccccc2-c2nnnc(-c3cccc(-c4ccccc4)c3-c3c(-c4ccccc4)ccc4sc5ccccc5c34)c2-c2ccccc2)cc1. The lowest BCUT2D eigenvalue weighted by Crippen LogP contribution is -2.03. The molecule has 0 bridgehead atoms. The summed E-state index contributed by atoms with van der Waals surface area (Å²) >= 11 is 1.84. The van der Waals surface area contributed by atoms with Gasteiger partial charge in [0.25, 0.3) is 0 Å². The molecule has 0 atom stereocenters. The molecule has 0 aliphatic carbocycles. The first-order chi connectivity index (χ1) is 27.3. The van der Waals surface area contributed by atoms with Gasteiger partial charge in [-0.3, -0.25) is 0 Å². The topological polar surface area (TPSA) is 38.7 Å². The van der Waals surface area contributed by atoms with Gasteiger partial charge in [-0.1, -0.05) is 188 Å². The van der Waals surface area contributed by atoms with Gasteiger partial charge in [0.15, 0.2) is 0 Å². The molecule has 0 aliphatic heterocycles. The highest BCUT2D eigenvalue weighted by Crippen LogP contribution is 2.52. The van der Waals surface area contributed by atoms with Crippen molar-refractivity contribution in [3.8, 4) is 78.1 Å². The molecule has 0 spiro atoms. The summed E-state index contributed by atoms with van der Waals surface area (Å²) in [6, 6.07) is 70.9. The maximum absolute atomic E-state index is 5.01. The third-order valence-electron chi connectivity index (χ3n) is 10.4. The molecule has 0 amide bonds. The molecule has 0 saturated carbocycles. The Bertz CT molecular complexity index is 2960. The van der Waals surface area contributed by atoms with E-state index in [2.05, 4.69) is 199 Å². The molecule has 0 aliphatic rings. The van der Waals surface area contributed by atoms with Crippen LogP contribution < -0.4 is 0 Å². The summed E-state index contributed by atoms with van der Waals surface area (Å²) in [4.78, 5) is 0. The molecule has 8 aromatic carbocycles. The van der Waals surface area contributed by atoms with Crippen molar-refractivity contribution in [2.45, 2.75) is 0 Å². The maximum Gasteiger partial charge on any atom is 0.105 e. The monoisotopic (exact) mass is 719 g/mol. The molecule has 55 heavy (non-hydrogen) atoms. The van der Waals surface area contributed by atoms with Crippen molar-refractivity contribution in [1.82, 2.24) is 15.4 Å². The van der Waals surface area contributed by atoms with Crippen LogP contribution in [0.1, 0.15) is 0 Å². The van der Waals surface area contributed by atoms with Crippen LogP contribution in [0, 0.1) is 0 Å². The van der Waals surface area contributed by atoms with E-state index >= 15 is 0 Å². The van der Waals surface area contributed by atoms with E-state index in [9.17, 15) is 0 Å². The van der Waals surface area contributed by atoms with Gasteiger partial charge < -0.3 is 0 Å². The van der Waals surface area contributed by atoms with Gasteiger partial charge in [-0.2, -0.15) is 0 Å². The van der Waals surface area contributed by atoms with Gasteiger partial charge >= 0.3 is 0 Å². The Kier molecular flexibility index (Phi) is 8.36. The number of hydrogen-bond donors (Lipinski definition) is 0. The Morgan fingerprint density at radius 1 is 0.291 bits per heavy atom. The van der Waals surface area contributed by atoms with E-state index in [4.69, 9.17) is 10.2 Å². The minimum atomic E-state index is 0.780. The molecule has 2 heterocycles. The third kappa shape index (κ3) is 5.81. The van der Waals surface area contributed by atoms with Crippen LogP contribution in [0.25, 0.3) is 98.3 Å². The van der Waals surface area contributed by atoms with Crippen LogP contribution in [0.5, 0.6) is 0 Å². The van der Waals surface area contributed by atoms with Crippen molar-refractivity contribution in [2.75, 3.05) is 0 Å². The van der Waals surface area contributed by atoms with Crippen LogP contribution in [0.2, 0.25) is 0 Å². The van der Waals surface area contributed by atoms with E-state index in [1.165, 1.54) is 31.3 Å². The van der Waals surface area contributed by atoms with Gasteiger partial charge in [0.05, 0.1) is 0 Å². The van der Waals surface area contributed by atoms with E-state index in [1.54, 1.807) is 0 Å². The van der Waals surface area contributed by atoms with Crippen LogP contribution >= 0.6 is 11.3 Å². The summed E-state index contributed by atoms with van der Waals surface area (Å²) < 4.78 is 2.50. The van der Waals surface area contributed by atoms with Crippen LogP contribution in [-0.4, -0.2) is 15.4 Å². The zero-order valence-electron chi connectivity index (χ0n) is 29.8. The second-order valence-electron chi connectivity index (χ2n) is 13.6. The first-order valence-corrected chi connectivity index (χ1v) is 19.3. The van der Waals surface area contributed by atoms with Crippen LogP contribution in [0.15, 0.2) is 200 Å². The third-order valence-corrected chi connectivity index (χ3v) is 11.5. The Hall–Kier alpha value is -7.01. The van der Waals surface area contributed by atoms with E-state index in [0.717, 1.165) is 67.0 Å². The quantitative estimate of drug-likeness (QED) is 0.165. The molecule has 2 aromatic heterocycles. The largest absolute Gasteiger partial charge is 0.135 e. The van der Waals surface area contributed by atoms with Crippen molar-refractivity contribution < 1.29 is 0 Å². The highest BCUT2D eigenvalue weighted by Gasteiger charge is 2.27. The molecule has 258 valence electrons. The van der Waals surface area contributed by atoms with Crippen LogP contribution in [0.3, 0.4) is 0 Å². The number of aromatic nitrogens is 3. The van der Waals surface area contributed by atoms with E-state index < -0.39 is 0 Å². The molecule has 0 N–H and O–H groups in total. The first-order valence-electron chi connectivity index (χ1n) is 18.5. The number of hydrogen-bond acceptors (Lipinski definition) is 4. The van der Waals surface area contributed by atoms with E-state index in [1.807, 2.05) is 17.4 Å². The Morgan fingerprint density at radius 3 is 1.42 bits per heavy atom. The first kappa shape index (κ1) is 32.6. The highest BCUT2D eigenvalue weighted by atomic mass is 32.1. The Labute approximate surface area is 323 Å². The molecule has 0 fully saturated rings. The summed E-state index contributed by atoms with van der Waals surface area (Å²) in [5.74, 6) is 0. The van der Waals surface area contributed by atoms with Crippen molar-refractivity contribution in [3.05, 3.63) is 200 Å². The van der Waals surface area contributed by atoms with Crippen molar-refractivity contribution in [2.24, 2.45) is 0 Å². The van der Waals surface area contributed by atoms with E-state index in [-0.39, 0.29) is 0 Å². The molecule has 10 aromatic rings. The average molecular weight is 720 g/mol. The summed E-state index contributed by atoms with van der Waals surface area (Å²) in [7, 11) is 0. The molecule has 0 saturated heterocycles. The van der Waals surface area contributed by atoms with Crippen LogP contribution in [0.4, 0.5) is 0 Å². The molecular formula is C51H33N3S. The number of benzene rings is 8. The predicted octanol–water partition coefficient (Wildman–Crippen LogP) is 13.9. The zero-order valence-corrected chi connectivity index (χ0v) is 30.6. The highest BCUT2D eigenvalue weighted by molar-refractivity contribution is 7.26. The van der Waals surface area contributed by atoms with Gasteiger partial charge in [-0.25, -0.2) is 0 Å². The van der Waals surface area contributed by atoms with Gasteiger partial charge in [-0.05, 0) is 56.3 Å².